The van der Waals surface area contributed by atoms with Gasteiger partial charge in [-0.25, -0.2) is 0 Å². The van der Waals surface area contributed by atoms with Gasteiger partial charge in [-0.2, -0.15) is 15.4 Å². The molecule has 0 saturated carbocycles. The first kappa shape index (κ1) is 14.6. The maximum absolute atomic E-state index is 12.0. The molecule has 2 aromatic carbocycles. The summed E-state index contributed by atoms with van der Waals surface area (Å²) in [6, 6.07) is 13.5. The summed E-state index contributed by atoms with van der Waals surface area (Å²) >= 11 is 0. The molecule has 1 atom stereocenters. The van der Waals surface area contributed by atoms with Crippen molar-refractivity contribution < 1.29 is 9.53 Å². The predicted octanol–water partition coefficient (Wildman–Crippen LogP) is 1.96. The molecule has 1 amide bonds. The lowest BCUT2D eigenvalue weighted by Crippen LogP contribution is -2.26. The summed E-state index contributed by atoms with van der Waals surface area (Å²) in [6.45, 7) is 0. The Hall–Kier alpha value is -3.33. The van der Waals surface area contributed by atoms with Crippen LogP contribution >= 0.6 is 0 Å². The lowest BCUT2D eigenvalue weighted by Gasteiger charge is -2.12. The van der Waals surface area contributed by atoms with E-state index < -0.39 is 11.8 Å². The molecule has 1 unspecified atom stereocenters. The largest absolute Gasteiger partial charge is 0.496 e. The molecule has 0 bridgehead atoms. The van der Waals surface area contributed by atoms with Gasteiger partial charge >= 0.3 is 0 Å². The number of hydrazone groups is 1. The first-order valence-corrected chi connectivity index (χ1v) is 6.96. The molecule has 0 saturated heterocycles. The fourth-order valence-electron chi connectivity index (χ4n) is 2.49. The SMILES string of the molecule is COc1ccc2ccccc2c1/C=N/N1C(=O)C(C#N)C=C1N. The average Bonchev–Trinajstić information content (AvgIpc) is 2.86. The number of nitrogens with zero attached hydrogens (tertiary/aromatic N) is 3. The van der Waals surface area contributed by atoms with Crippen molar-refractivity contribution in [3.8, 4) is 11.8 Å². The van der Waals surface area contributed by atoms with E-state index in [0.29, 0.717) is 5.75 Å². The van der Waals surface area contributed by atoms with Crippen LogP contribution in [-0.2, 0) is 4.79 Å². The van der Waals surface area contributed by atoms with Gasteiger partial charge in [-0.05, 0) is 22.9 Å². The van der Waals surface area contributed by atoms with E-state index >= 15 is 0 Å². The number of hydrogen-bond donors (Lipinski definition) is 1. The number of hydrogen-bond acceptors (Lipinski definition) is 5. The number of carbonyl (C=O) groups excluding carboxylic acids is 1. The molecule has 114 valence electrons. The van der Waals surface area contributed by atoms with Crippen molar-refractivity contribution >= 4 is 22.9 Å². The Morgan fingerprint density at radius 3 is 2.83 bits per heavy atom. The third kappa shape index (κ3) is 2.49. The third-order valence-corrected chi connectivity index (χ3v) is 3.65. The molecule has 2 N–H and O–H groups in total. The van der Waals surface area contributed by atoms with E-state index in [1.165, 1.54) is 12.3 Å². The monoisotopic (exact) mass is 306 g/mol. The molecule has 23 heavy (non-hydrogen) atoms. The molecule has 6 nitrogen and oxygen atoms in total. The molecule has 3 rings (SSSR count). The Morgan fingerprint density at radius 1 is 1.35 bits per heavy atom. The van der Waals surface area contributed by atoms with Crippen molar-refractivity contribution in [3.05, 3.63) is 53.9 Å². The number of fused-ring (bicyclic) bond motifs is 1. The molecular formula is C17H14N4O2. The van der Waals surface area contributed by atoms with Crippen LogP contribution in [0, 0.1) is 17.2 Å². The van der Waals surface area contributed by atoms with Gasteiger partial charge in [-0.3, -0.25) is 4.79 Å². The number of amides is 1. The van der Waals surface area contributed by atoms with Gasteiger partial charge in [0.1, 0.15) is 17.5 Å². The quantitative estimate of drug-likeness (QED) is 0.877. The van der Waals surface area contributed by atoms with Crippen LogP contribution in [0.4, 0.5) is 0 Å². The van der Waals surface area contributed by atoms with Crippen molar-refractivity contribution in [3.63, 3.8) is 0 Å². The van der Waals surface area contributed by atoms with Gasteiger partial charge in [-0.15, -0.1) is 0 Å². The van der Waals surface area contributed by atoms with Crippen LogP contribution in [0.1, 0.15) is 5.56 Å². The minimum atomic E-state index is -0.887. The van der Waals surface area contributed by atoms with Crippen LogP contribution < -0.4 is 10.5 Å². The second kappa shape index (κ2) is 5.81. The number of nitriles is 1. The fraction of sp³-hybridized carbons (Fsp3) is 0.118. The van der Waals surface area contributed by atoms with Crippen molar-refractivity contribution in [1.29, 1.82) is 5.26 Å². The minimum Gasteiger partial charge on any atom is -0.496 e. The van der Waals surface area contributed by atoms with E-state index in [1.807, 2.05) is 42.5 Å². The van der Waals surface area contributed by atoms with Crippen LogP contribution in [0.2, 0.25) is 0 Å². The highest BCUT2D eigenvalue weighted by molar-refractivity contribution is 6.03. The van der Waals surface area contributed by atoms with E-state index in [9.17, 15) is 4.79 Å². The maximum Gasteiger partial charge on any atom is 0.270 e. The molecular weight excluding hydrogens is 292 g/mol. The summed E-state index contributed by atoms with van der Waals surface area (Å²) in [6.07, 6.45) is 2.92. The molecule has 0 spiro atoms. The predicted molar refractivity (Wildman–Crippen MR) is 86.3 cm³/mol. The summed E-state index contributed by atoms with van der Waals surface area (Å²) in [4.78, 5) is 12.0. The summed E-state index contributed by atoms with van der Waals surface area (Å²) < 4.78 is 5.37. The number of methoxy groups -OCH3 is 1. The van der Waals surface area contributed by atoms with Crippen LogP contribution in [0.3, 0.4) is 0 Å². The van der Waals surface area contributed by atoms with Gasteiger partial charge < -0.3 is 10.5 Å². The fourth-order valence-corrected chi connectivity index (χ4v) is 2.49. The van der Waals surface area contributed by atoms with Crippen molar-refractivity contribution in [1.82, 2.24) is 5.01 Å². The van der Waals surface area contributed by atoms with Crippen LogP contribution in [-0.4, -0.2) is 24.2 Å². The molecule has 1 heterocycles. The number of nitrogens with two attached hydrogens (primary N) is 1. The van der Waals surface area contributed by atoms with E-state index in [-0.39, 0.29) is 5.82 Å². The summed E-state index contributed by atoms with van der Waals surface area (Å²) in [5.74, 6) is -0.558. The van der Waals surface area contributed by atoms with Crippen LogP contribution in [0.25, 0.3) is 10.8 Å². The van der Waals surface area contributed by atoms with Gasteiger partial charge in [0.2, 0.25) is 0 Å². The smallest absolute Gasteiger partial charge is 0.270 e. The standard InChI is InChI=1S/C17H14N4O2/c1-23-15-7-6-11-4-2-3-5-13(11)14(15)10-20-21-16(19)8-12(9-18)17(21)22/h2-8,10,12H,19H2,1H3/b20-10+. The van der Waals surface area contributed by atoms with E-state index in [4.69, 9.17) is 15.7 Å². The summed E-state index contributed by atoms with van der Waals surface area (Å²) in [7, 11) is 1.57. The lowest BCUT2D eigenvalue weighted by molar-refractivity contribution is -0.129. The van der Waals surface area contributed by atoms with E-state index in [0.717, 1.165) is 21.3 Å². The summed E-state index contributed by atoms with van der Waals surface area (Å²) in [5, 5.41) is 16.1. The Labute approximate surface area is 133 Å². The van der Waals surface area contributed by atoms with Crippen LogP contribution in [0.5, 0.6) is 5.75 Å². The lowest BCUT2D eigenvalue weighted by atomic mass is 10.0. The molecule has 0 radical (unpaired) electrons. The highest BCUT2D eigenvalue weighted by Gasteiger charge is 2.31. The van der Waals surface area contributed by atoms with Crippen molar-refractivity contribution in [2.45, 2.75) is 0 Å². The maximum atomic E-state index is 12.0. The first-order valence-electron chi connectivity index (χ1n) is 6.96. The molecule has 2 aromatic rings. The minimum absolute atomic E-state index is 0.150. The Balaban J connectivity index is 2.03. The zero-order chi connectivity index (χ0) is 16.4. The zero-order valence-electron chi connectivity index (χ0n) is 12.4. The van der Waals surface area contributed by atoms with Gasteiger partial charge in [-0.1, -0.05) is 30.3 Å². The highest BCUT2D eigenvalue weighted by Crippen LogP contribution is 2.27. The Kier molecular flexibility index (Phi) is 3.69. The second-order valence-corrected chi connectivity index (χ2v) is 5.00. The molecule has 1 aliphatic heterocycles. The molecule has 1 aliphatic rings. The first-order chi connectivity index (χ1) is 11.2. The molecule has 6 heteroatoms. The highest BCUT2D eigenvalue weighted by atomic mass is 16.5. The van der Waals surface area contributed by atoms with E-state index in [2.05, 4.69) is 5.10 Å². The topological polar surface area (TPSA) is 91.7 Å². The van der Waals surface area contributed by atoms with Gasteiger partial charge in [0.25, 0.3) is 5.91 Å². The second-order valence-electron chi connectivity index (χ2n) is 5.00. The van der Waals surface area contributed by atoms with E-state index in [1.54, 1.807) is 7.11 Å². The van der Waals surface area contributed by atoms with Gasteiger partial charge in [0.15, 0.2) is 0 Å². The normalized spacial score (nSPS) is 17.6. The zero-order valence-corrected chi connectivity index (χ0v) is 12.4. The number of benzene rings is 2. The average molecular weight is 306 g/mol. The third-order valence-electron chi connectivity index (χ3n) is 3.65. The number of carbonyl (C=O) groups is 1. The van der Waals surface area contributed by atoms with Crippen molar-refractivity contribution in [2.24, 2.45) is 16.8 Å². The van der Waals surface area contributed by atoms with Gasteiger partial charge in [0.05, 0.1) is 19.4 Å². The molecule has 0 aliphatic carbocycles. The number of ether oxygens (including phenoxy) is 1. The number of rotatable bonds is 3. The Morgan fingerprint density at radius 2 is 2.13 bits per heavy atom. The molecule has 0 aromatic heterocycles. The summed E-state index contributed by atoms with van der Waals surface area (Å²) in [5.41, 5.74) is 6.50. The molecule has 0 fully saturated rings. The van der Waals surface area contributed by atoms with Crippen LogP contribution in [0.15, 0.2) is 53.4 Å². The Bertz CT molecular complexity index is 880. The van der Waals surface area contributed by atoms with Crippen molar-refractivity contribution in [2.75, 3.05) is 7.11 Å². The van der Waals surface area contributed by atoms with Gasteiger partial charge in [0, 0.05) is 5.56 Å².